The second kappa shape index (κ2) is 5.10. The van der Waals surface area contributed by atoms with Crippen LogP contribution in [0.4, 0.5) is 8.78 Å². The molecule has 3 heteroatoms. The summed E-state index contributed by atoms with van der Waals surface area (Å²) in [7, 11) is 0. The molecule has 0 amide bonds. The molecule has 0 aliphatic rings. The largest absolute Gasteiger partial charge is 0.321 e. The third-order valence-corrected chi connectivity index (χ3v) is 3.25. The fourth-order valence-electron chi connectivity index (χ4n) is 2.45. The van der Waals surface area contributed by atoms with E-state index in [2.05, 4.69) is 0 Å². The van der Waals surface area contributed by atoms with E-state index in [4.69, 9.17) is 5.73 Å². The zero-order valence-corrected chi connectivity index (χ0v) is 11.1. The molecule has 0 aliphatic carbocycles. The van der Waals surface area contributed by atoms with Crippen molar-refractivity contribution in [1.29, 1.82) is 0 Å². The summed E-state index contributed by atoms with van der Waals surface area (Å²) in [5, 5.41) is 0. The van der Waals surface area contributed by atoms with Crippen LogP contribution in [0.25, 0.3) is 0 Å². The highest BCUT2D eigenvalue weighted by atomic mass is 19.1. The first-order valence-corrected chi connectivity index (χ1v) is 6.18. The minimum Gasteiger partial charge on any atom is -0.321 e. The smallest absolute Gasteiger partial charge is 0.126 e. The Bertz CT molecular complexity index is 571. The molecule has 0 saturated carbocycles. The van der Waals surface area contributed by atoms with Gasteiger partial charge >= 0.3 is 0 Å². The third-order valence-electron chi connectivity index (χ3n) is 3.25. The fraction of sp³-hybridized carbons (Fsp3) is 0.250. The molecule has 1 atom stereocenters. The molecule has 2 aromatic rings. The van der Waals surface area contributed by atoms with Gasteiger partial charge in [0.05, 0.1) is 0 Å². The number of hydrogen-bond donors (Lipinski definition) is 1. The molecule has 0 aromatic heterocycles. The van der Waals surface area contributed by atoms with Crippen molar-refractivity contribution in [3.63, 3.8) is 0 Å². The Morgan fingerprint density at radius 3 is 2.21 bits per heavy atom. The lowest BCUT2D eigenvalue weighted by Gasteiger charge is -2.27. The van der Waals surface area contributed by atoms with Gasteiger partial charge in [0.2, 0.25) is 0 Å². The summed E-state index contributed by atoms with van der Waals surface area (Å²) < 4.78 is 26.4. The van der Waals surface area contributed by atoms with E-state index in [-0.39, 0.29) is 0 Å². The molecule has 100 valence electrons. The lowest BCUT2D eigenvalue weighted by atomic mass is 9.84. The molecule has 0 saturated heterocycles. The minimum absolute atomic E-state index is 0.381. The van der Waals surface area contributed by atoms with Crippen LogP contribution in [0.5, 0.6) is 0 Å². The van der Waals surface area contributed by atoms with Gasteiger partial charge in [-0.3, -0.25) is 0 Å². The van der Waals surface area contributed by atoms with Crippen molar-refractivity contribution in [2.75, 3.05) is 0 Å². The van der Waals surface area contributed by atoms with Gasteiger partial charge < -0.3 is 5.73 Å². The molecule has 0 bridgehead atoms. The Morgan fingerprint density at radius 2 is 1.63 bits per heavy atom. The van der Waals surface area contributed by atoms with Gasteiger partial charge in [-0.25, -0.2) is 8.78 Å². The van der Waals surface area contributed by atoms with Gasteiger partial charge in [0.15, 0.2) is 0 Å². The van der Waals surface area contributed by atoms with Crippen molar-refractivity contribution in [3.05, 3.63) is 70.8 Å². The fourth-order valence-corrected chi connectivity index (χ4v) is 2.45. The third kappa shape index (κ3) is 3.18. The number of halogens is 2. The van der Waals surface area contributed by atoms with Crippen molar-refractivity contribution >= 4 is 0 Å². The van der Waals surface area contributed by atoms with Gasteiger partial charge in [-0.2, -0.15) is 0 Å². The Balaban J connectivity index is 2.33. The summed E-state index contributed by atoms with van der Waals surface area (Å²) in [5.74, 6) is -1.15. The highest BCUT2D eigenvalue weighted by Gasteiger charge is 2.23. The van der Waals surface area contributed by atoms with Crippen molar-refractivity contribution in [2.24, 2.45) is 5.73 Å². The molecule has 0 radical (unpaired) electrons. The summed E-state index contributed by atoms with van der Waals surface area (Å²) in [6, 6.07) is 11.3. The molecule has 0 fully saturated rings. The van der Waals surface area contributed by atoms with E-state index < -0.39 is 17.2 Å². The number of nitrogens with two attached hydrogens (primary N) is 1. The number of hydrogen-bond acceptors (Lipinski definition) is 1. The van der Waals surface area contributed by atoms with Crippen molar-refractivity contribution in [1.82, 2.24) is 0 Å². The lowest BCUT2D eigenvalue weighted by Crippen LogP contribution is -2.36. The molecule has 0 heterocycles. The monoisotopic (exact) mass is 261 g/mol. The zero-order valence-electron chi connectivity index (χ0n) is 11.1. The Labute approximate surface area is 112 Å². The van der Waals surface area contributed by atoms with Gasteiger partial charge in [0, 0.05) is 11.6 Å². The maximum absolute atomic E-state index is 13.2. The number of aryl methyl sites for hydroxylation is 1. The highest BCUT2D eigenvalue weighted by molar-refractivity contribution is 5.34. The first kappa shape index (κ1) is 13.7. The van der Waals surface area contributed by atoms with Crippen LogP contribution < -0.4 is 5.73 Å². The molecule has 2 aromatic carbocycles. The van der Waals surface area contributed by atoms with E-state index in [9.17, 15) is 8.78 Å². The maximum atomic E-state index is 13.2. The average Bonchev–Trinajstić information content (AvgIpc) is 2.26. The molecule has 0 aliphatic heterocycles. The van der Waals surface area contributed by atoms with Gasteiger partial charge in [-0.1, -0.05) is 24.3 Å². The van der Waals surface area contributed by atoms with Crippen LogP contribution >= 0.6 is 0 Å². The molecule has 2 rings (SSSR count). The van der Waals surface area contributed by atoms with Crippen LogP contribution in [0, 0.1) is 18.6 Å². The van der Waals surface area contributed by atoms with E-state index in [1.807, 2.05) is 38.1 Å². The van der Waals surface area contributed by atoms with Gasteiger partial charge in [0.1, 0.15) is 11.6 Å². The molecule has 19 heavy (non-hydrogen) atoms. The van der Waals surface area contributed by atoms with Crippen LogP contribution in [0.3, 0.4) is 0 Å². The van der Waals surface area contributed by atoms with E-state index in [0.29, 0.717) is 12.0 Å². The zero-order chi connectivity index (χ0) is 14.0. The molecular formula is C16H17F2N. The van der Waals surface area contributed by atoms with E-state index in [1.54, 1.807) is 0 Å². The predicted octanol–water partition coefficient (Wildman–Crippen LogP) is 3.69. The lowest BCUT2D eigenvalue weighted by molar-refractivity contribution is 0.483. The summed E-state index contributed by atoms with van der Waals surface area (Å²) in [4.78, 5) is 0. The van der Waals surface area contributed by atoms with Gasteiger partial charge in [-0.05, 0) is 49.1 Å². The quantitative estimate of drug-likeness (QED) is 0.896. The van der Waals surface area contributed by atoms with E-state index in [0.717, 1.165) is 17.2 Å². The van der Waals surface area contributed by atoms with Gasteiger partial charge in [-0.15, -0.1) is 0 Å². The second-order valence-corrected chi connectivity index (χ2v) is 5.19. The Kier molecular flexibility index (Phi) is 3.67. The van der Waals surface area contributed by atoms with Crippen LogP contribution in [0.1, 0.15) is 23.6 Å². The standard InChI is InChI=1S/C16H17F2N/c1-11-5-3-4-6-15(11)16(2,19)10-12-7-13(17)9-14(18)8-12/h3-9H,10,19H2,1-2H3. The Hall–Kier alpha value is -1.74. The molecule has 2 N–H and O–H groups in total. The molecule has 0 spiro atoms. The summed E-state index contributed by atoms with van der Waals surface area (Å²) in [6.07, 6.45) is 0.381. The topological polar surface area (TPSA) is 26.0 Å². The molecule has 1 nitrogen and oxygen atoms in total. The normalized spacial score (nSPS) is 14.2. The van der Waals surface area contributed by atoms with E-state index >= 15 is 0 Å². The summed E-state index contributed by atoms with van der Waals surface area (Å²) >= 11 is 0. The van der Waals surface area contributed by atoms with Crippen LogP contribution in [-0.2, 0) is 12.0 Å². The predicted molar refractivity (Wildman–Crippen MR) is 72.8 cm³/mol. The summed E-state index contributed by atoms with van der Waals surface area (Å²) in [6.45, 7) is 3.85. The average molecular weight is 261 g/mol. The van der Waals surface area contributed by atoms with Crippen molar-refractivity contribution < 1.29 is 8.78 Å². The first-order valence-electron chi connectivity index (χ1n) is 6.18. The molecular weight excluding hydrogens is 244 g/mol. The maximum Gasteiger partial charge on any atom is 0.126 e. The van der Waals surface area contributed by atoms with Crippen LogP contribution in [0.2, 0.25) is 0 Å². The Morgan fingerprint density at radius 1 is 1.05 bits per heavy atom. The second-order valence-electron chi connectivity index (χ2n) is 5.19. The SMILES string of the molecule is Cc1ccccc1C(C)(N)Cc1cc(F)cc(F)c1. The number of benzene rings is 2. The number of rotatable bonds is 3. The summed E-state index contributed by atoms with van der Waals surface area (Å²) in [5.41, 5.74) is 8.29. The van der Waals surface area contributed by atoms with Gasteiger partial charge in [0.25, 0.3) is 0 Å². The van der Waals surface area contributed by atoms with Crippen molar-refractivity contribution in [3.8, 4) is 0 Å². The molecule has 1 unspecified atom stereocenters. The first-order chi connectivity index (χ1) is 8.88. The highest BCUT2D eigenvalue weighted by Crippen LogP contribution is 2.26. The van der Waals surface area contributed by atoms with Crippen LogP contribution in [-0.4, -0.2) is 0 Å². The minimum atomic E-state index is -0.661. The van der Waals surface area contributed by atoms with Crippen molar-refractivity contribution in [2.45, 2.75) is 25.8 Å². The van der Waals surface area contributed by atoms with E-state index in [1.165, 1.54) is 12.1 Å². The van der Waals surface area contributed by atoms with Crippen LogP contribution in [0.15, 0.2) is 42.5 Å².